The van der Waals surface area contributed by atoms with Gasteiger partial charge in [0, 0.05) is 16.4 Å². The summed E-state index contributed by atoms with van der Waals surface area (Å²) < 4.78 is 40.1. The maximum Gasteiger partial charge on any atom is 0.434 e. The maximum absolute atomic E-state index is 13.1. The third-order valence-corrected chi connectivity index (χ3v) is 5.50. The summed E-state index contributed by atoms with van der Waals surface area (Å²) in [5.41, 5.74) is -0.775. The monoisotopic (exact) mass is 398 g/mol. The second kappa shape index (κ2) is 6.76. The van der Waals surface area contributed by atoms with Crippen molar-refractivity contribution < 1.29 is 13.2 Å². The second-order valence-electron chi connectivity index (χ2n) is 4.94. The van der Waals surface area contributed by atoms with Crippen molar-refractivity contribution in [3.8, 4) is 9.88 Å². The number of halogens is 4. The molecule has 0 atom stereocenters. The van der Waals surface area contributed by atoms with Crippen LogP contribution in [0.15, 0.2) is 15.9 Å². The van der Waals surface area contributed by atoms with E-state index in [1.807, 2.05) is 19.2 Å². The van der Waals surface area contributed by atoms with Gasteiger partial charge in [0.15, 0.2) is 5.69 Å². The van der Waals surface area contributed by atoms with Crippen molar-refractivity contribution >= 4 is 38.6 Å². The van der Waals surface area contributed by atoms with Gasteiger partial charge in [0.05, 0.1) is 9.75 Å². The number of hydrogen-bond donors (Lipinski definition) is 1. The molecule has 0 bridgehead atoms. The molecule has 2 rings (SSSR count). The fraction of sp³-hybridized carbons (Fsp3) is 0.462. The first kappa shape index (κ1) is 16.9. The van der Waals surface area contributed by atoms with Gasteiger partial charge in [-0.15, -0.1) is 22.7 Å². The normalized spacial score (nSPS) is 12.3. The second-order valence-corrected chi connectivity index (χ2v) is 7.85. The number of thiazole rings is 1. The van der Waals surface area contributed by atoms with E-state index in [2.05, 4.69) is 26.2 Å². The van der Waals surface area contributed by atoms with Crippen LogP contribution in [0, 0.1) is 5.92 Å². The third kappa shape index (κ3) is 4.51. The molecular formula is C13H14BrF3N2S2. The molecule has 1 N–H and O–H groups in total. The predicted molar refractivity (Wildman–Crippen MR) is 84.7 cm³/mol. The minimum atomic E-state index is -4.42. The Bertz CT molecular complexity index is 605. The number of thiophene rings is 1. The standard InChI is InChI=1S/C13H14BrF3N2S2/c1-7(2)4-18-5-10-11(13(15,16)17)19-12(21-10)9-3-8(14)6-20-9/h3,6-7,18H,4-5H2,1-2H3. The Kier molecular flexibility index (Phi) is 5.45. The highest BCUT2D eigenvalue weighted by atomic mass is 79.9. The fourth-order valence-electron chi connectivity index (χ4n) is 1.70. The average Bonchev–Trinajstić information content (AvgIpc) is 2.94. The molecule has 2 nitrogen and oxygen atoms in total. The van der Waals surface area contributed by atoms with Gasteiger partial charge in [0.1, 0.15) is 5.01 Å². The Morgan fingerprint density at radius 3 is 2.62 bits per heavy atom. The number of rotatable bonds is 5. The molecule has 2 aromatic heterocycles. The SMILES string of the molecule is CC(C)CNCc1sc(-c2cc(Br)cs2)nc1C(F)(F)F. The van der Waals surface area contributed by atoms with Crippen LogP contribution >= 0.6 is 38.6 Å². The average molecular weight is 399 g/mol. The summed E-state index contributed by atoms with van der Waals surface area (Å²) in [7, 11) is 0. The summed E-state index contributed by atoms with van der Waals surface area (Å²) in [6.07, 6.45) is -4.42. The Balaban J connectivity index is 2.27. The summed E-state index contributed by atoms with van der Waals surface area (Å²) >= 11 is 5.78. The number of hydrogen-bond acceptors (Lipinski definition) is 4. The molecule has 0 aliphatic heterocycles. The van der Waals surface area contributed by atoms with E-state index < -0.39 is 11.9 Å². The van der Waals surface area contributed by atoms with Crippen molar-refractivity contribution in [3.63, 3.8) is 0 Å². The predicted octanol–water partition coefficient (Wildman–Crippen LogP) is 5.40. The Labute approximate surface area is 137 Å². The topological polar surface area (TPSA) is 24.9 Å². The van der Waals surface area contributed by atoms with Gasteiger partial charge < -0.3 is 5.32 Å². The fourth-order valence-corrected chi connectivity index (χ4v) is 4.24. The molecule has 8 heteroatoms. The molecule has 116 valence electrons. The lowest BCUT2D eigenvalue weighted by Crippen LogP contribution is -2.20. The molecule has 0 fully saturated rings. The van der Waals surface area contributed by atoms with E-state index in [4.69, 9.17) is 0 Å². The molecule has 0 amide bonds. The van der Waals surface area contributed by atoms with Crippen molar-refractivity contribution in [1.82, 2.24) is 10.3 Å². The minimum Gasteiger partial charge on any atom is -0.312 e. The largest absolute Gasteiger partial charge is 0.434 e. The van der Waals surface area contributed by atoms with Gasteiger partial charge in [-0.3, -0.25) is 0 Å². The summed E-state index contributed by atoms with van der Waals surface area (Å²) in [6.45, 7) is 4.89. The van der Waals surface area contributed by atoms with E-state index in [1.165, 1.54) is 11.3 Å². The molecule has 0 aliphatic carbocycles. The smallest absolute Gasteiger partial charge is 0.312 e. The molecule has 0 saturated carbocycles. The summed E-state index contributed by atoms with van der Waals surface area (Å²) in [6, 6.07) is 1.79. The lowest BCUT2D eigenvalue weighted by atomic mass is 10.2. The number of nitrogens with one attached hydrogen (secondary N) is 1. The van der Waals surface area contributed by atoms with E-state index in [9.17, 15) is 13.2 Å². The van der Waals surface area contributed by atoms with Crippen molar-refractivity contribution in [2.45, 2.75) is 26.6 Å². The molecule has 0 spiro atoms. The zero-order valence-corrected chi connectivity index (χ0v) is 14.6. The lowest BCUT2D eigenvalue weighted by Gasteiger charge is -2.08. The highest BCUT2D eigenvalue weighted by Gasteiger charge is 2.37. The van der Waals surface area contributed by atoms with E-state index in [0.717, 1.165) is 20.7 Å². The van der Waals surface area contributed by atoms with Crippen LogP contribution in [-0.4, -0.2) is 11.5 Å². The Morgan fingerprint density at radius 1 is 1.38 bits per heavy atom. The minimum absolute atomic E-state index is 0.192. The van der Waals surface area contributed by atoms with Crippen LogP contribution in [0.5, 0.6) is 0 Å². The molecule has 0 unspecified atom stereocenters. The van der Waals surface area contributed by atoms with Crippen LogP contribution in [0.4, 0.5) is 13.2 Å². The molecule has 0 aromatic carbocycles. The van der Waals surface area contributed by atoms with Gasteiger partial charge in [0.25, 0.3) is 0 Å². The summed E-state index contributed by atoms with van der Waals surface area (Å²) in [5, 5.41) is 5.30. The first-order valence-electron chi connectivity index (χ1n) is 6.29. The van der Waals surface area contributed by atoms with E-state index in [1.54, 1.807) is 6.07 Å². The number of nitrogens with zero attached hydrogens (tertiary/aromatic N) is 1. The van der Waals surface area contributed by atoms with Gasteiger partial charge >= 0.3 is 6.18 Å². The third-order valence-electron chi connectivity index (χ3n) is 2.58. The first-order valence-corrected chi connectivity index (χ1v) is 8.78. The highest BCUT2D eigenvalue weighted by molar-refractivity contribution is 9.10. The molecule has 0 radical (unpaired) electrons. The Morgan fingerprint density at radius 2 is 2.10 bits per heavy atom. The molecule has 21 heavy (non-hydrogen) atoms. The molecule has 0 aliphatic rings. The van der Waals surface area contributed by atoms with E-state index in [0.29, 0.717) is 17.5 Å². The Hall–Kier alpha value is -0.440. The van der Waals surface area contributed by atoms with Crippen molar-refractivity contribution in [3.05, 3.63) is 26.5 Å². The molecule has 0 saturated heterocycles. The highest BCUT2D eigenvalue weighted by Crippen LogP contribution is 2.39. The molecule has 2 heterocycles. The van der Waals surface area contributed by atoms with Crippen LogP contribution in [0.2, 0.25) is 0 Å². The van der Waals surface area contributed by atoms with Crippen molar-refractivity contribution in [1.29, 1.82) is 0 Å². The number of aromatic nitrogens is 1. The van der Waals surface area contributed by atoms with Gasteiger partial charge in [-0.1, -0.05) is 13.8 Å². The zero-order valence-electron chi connectivity index (χ0n) is 11.4. The van der Waals surface area contributed by atoms with Crippen LogP contribution in [0.25, 0.3) is 9.88 Å². The first-order chi connectivity index (χ1) is 9.77. The van der Waals surface area contributed by atoms with Crippen LogP contribution in [0.3, 0.4) is 0 Å². The van der Waals surface area contributed by atoms with Crippen molar-refractivity contribution in [2.75, 3.05) is 6.54 Å². The lowest BCUT2D eigenvalue weighted by molar-refractivity contribution is -0.141. The van der Waals surface area contributed by atoms with Gasteiger partial charge in [-0.2, -0.15) is 13.2 Å². The summed E-state index contributed by atoms with van der Waals surface area (Å²) in [4.78, 5) is 4.79. The van der Waals surface area contributed by atoms with E-state index in [-0.39, 0.29) is 11.4 Å². The maximum atomic E-state index is 13.1. The molecular weight excluding hydrogens is 385 g/mol. The number of alkyl halides is 3. The van der Waals surface area contributed by atoms with Crippen molar-refractivity contribution in [2.24, 2.45) is 5.92 Å². The quantitative estimate of drug-likeness (QED) is 0.729. The van der Waals surface area contributed by atoms with Crippen LogP contribution in [0.1, 0.15) is 24.4 Å². The zero-order chi connectivity index (χ0) is 15.6. The van der Waals surface area contributed by atoms with Gasteiger partial charge in [0.2, 0.25) is 0 Å². The van der Waals surface area contributed by atoms with E-state index >= 15 is 0 Å². The van der Waals surface area contributed by atoms with Gasteiger partial charge in [-0.05, 0) is 34.5 Å². The van der Waals surface area contributed by atoms with Crippen LogP contribution < -0.4 is 5.32 Å². The van der Waals surface area contributed by atoms with Crippen LogP contribution in [-0.2, 0) is 12.7 Å². The molecule has 2 aromatic rings. The van der Waals surface area contributed by atoms with Gasteiger partial charge in [-0.25, -0.2) is 4.98 Å². The summed E-state index contributed by atoms with van der Waals surface area (Å²) in [5.74, 6) is 0.389.